The van der Waals surface area contributed by atoms with Gasteiger partial charge in [0.25, 0.3) is 0 Å². The van der Waals surface area contributed by atoms with Crippen LogP contribution in [0.3, 0.4) is 0 Å². The molecule has 0 radical (unpaired) electrons. The molecule has 0 aliphatic carbocycles. The molecule has 2 aliphatic heterocycles. The van der Waals surface area contributed by atoms with Gasteiger partial charge in [0.1, 0.15) is 11.7 Å². The Morgan fingerprint density at radius 2 is 2.03 bits per heavy atom. The van der Waals surface area contributed by atoms with Crippen LogP contribution in [-0.4, -0.2) is 49.7 Å². The summed E-state index contributed by atoms with van der Waals surface area (Å²) >= 11 is 0. The van der Waals surface area contributed by atoms with Gasteiger partial charge in [0.05, 0.1) is 25.5 Å². The summed E-state index contributed by atoms with van der Waals surface area (Å²) in [4.78, 5) is 24.2. The number of halogens is 1. The van der Waals surface area contributed by atoms with Crippen molar-refractivity contribution in [2.45, 2.75) is 38.8 Å². The first kappa shape index (κ1) is 23.3. The minimum absolute atomic E-state index is 0.0315. The van der Waals surface area contributed by atoms with E-state index in [2.05, 4.69) is 0 Å². The van der Waals surface area contributed by atoms with Crippen molar-refractivity contribution in [1.29, 1.82) is 0 Å². The zero-order chi connectivity index (χ0) is 23.9. The highest BCUT2D eigenvalue weighted by molar-refractivity contribution is 5.88. The van der Waals surface area contributed by atoms with Crippen molar-refractivity contribution in [3.05, 3.63) is 45.5 Å². The first-order chi connectivity index (χ1) is 15.7. The van der Waals surface area contributed by atoms with Gasteiger partial charge in [-0.2, -0.15) is 0 Å². The number of carboxylic acid groups (broad SMARTS) is 1. The fraction of sp³-hybridized carbons (Fsp3) is 0.500. The van der Waals surface area contributed by atoms with Crippen LogP contribution in [0.15, 0.2) is 23.1 Å². The number of hydrogen-bond donors (Lipinski definition) is 1. The normalized spacial score (nSPS) is 20.4. The van der Waals surface area contributed by atoms with Crippen LogP contribution in [0, 0.1) is 11.2 Å². The lowest BCUT2D eigenvalue weighted by atomic mass is 9.72. The van der Waals surface area contributed by atoms with Crippen molar-refractivity contribution in [3.8, 4) is 22.8 Å². The summed E-state index contributed by atoms with van der Waals surface area (Å²) in [6, 6.07) is 2.98. The summed E-state index contributed by atoms with van der Waals surface area (Å²) in [5.41, 5.74) is -0.981. The first-order valence-corrected chi connectivity index (χ1v) is 10.8. The molecule has 3 heterocycles. The number of rotatable bonds is 7. The molecule has 0 spiro atoms. The van der Waals surface area contributed by atoms with E-state index in [-0.39, 0.29) is 11.1 Å². The first-order valence-electron chi connectivity index (χ1n) is 10.8. The van der Waals surface area contributed by atoms with Gasteiger partial charge < -0.3 is 28.6 Å². The topological polar surface area (TPSA) is 96.2 Å². The number of carboxylic acids is 1. The molecule has 1 fully saturated rings. The largest absolute Gasteiger partial charge is 0.493 e. The number of methoxy groups -OCH3 is 2. The fourth-order valence-corrected chi connectivity index (χ4v) is 4.78. The van der Waals surface area contributed by atoms with Gasteiger partial charge in [-0.25, -0.2) is 9.18 Å². The number of hydrogen-bond acceptors (Lipinski definition) is 6. The Hall–Kier alpha value is -2.91. The van der Waals surface area contributed by atoms with Crippen LogP contribution < -0.4 is 14.9 Å². The van der Waals surface area contributed by atoms with Gasteiger partial charge in [0.15, 0.2) is 17.3 Å². The van der Waals surface area contributed by atoms with E-state index >= 15 is 4.39 Å². The summed E-state index contributed by atoms with van der Waals surface area (Å²) in [7, 11) is 3.10. The minimum Gasteiger partial charge on any atom is -0.493 e. The maximum Gasteiger partial charge on any atom is 0.341 e. The van der Waals surface area contributed by atoms with Crippen molar-refractivity contribution in [3.63, 3.8) is 0 Å². The third-order valence-corrected chi connectivity index (χ3v) is 6.49. The Morgan fingerprint density at radius 3 is 2.70 bits per heavy atom. The number of aromatic carboxylic acids is 1. The Morgan fingerprint density at radius 1 is 1.27 bits per heavy atom. The Labute approximate surface area is 190 Å². The zero-order valence-electron chi connectivity index (χ0n) is 19.1. The quantitative estimate of drug-likeness (QED) is 0.626. The van der Waals surface area contributed by atoms with Gasteiger partial charge in [-0.3, -0.25) is 4.79 Å². The molecule has 1 aromatic heterocycles. The minimum atomic E-state index is -1.47. The van der Waals surface area contributed by atoms with Gasteiger partial charge in [-0.05, 0) is 29.5 Å². The molecule has 0 bridgehead atoms. The van der Waals surface area contributed by atoms with Crippen LogP contribution in [0.4, 0.5) is 4.39 Å². The van der Waals surface area contributed by atoms with E-state index in [1.54, 1.807) is 23.8 Å². The second-order valence-corrected chi connectivity index (χ2v) is 9.01. The molecule has 1 aromatic carbocycles. The van der Waals surface area contributed by atoms with Gasteiger partial charge >= 0.3 is 5.97 Å². The lowest BCUT2D eigenvalue weighted by molar-refractivity contribution is -0.0859. The van der Waals surface area contributed by atoms with Crippen molar-refractivity contribution in [2.75, 3.05) is 34.0 Å². The van der Waals surface area contributed by atoms with Crippen molar-refractivity contribution in [2.24, 2.45) is 5.41 Å². The van der Waals surface area contributed by atoms with Crippen LogP contribution in [0.25, 0.3) is 11.3 Å². The highest BCUT2D eigenvalue weighted by Crippen LogP contribution is 2.56. The average Bonchev–Trinajstić information content (AvgIpc) is 2.77. The van der Waals surface area contributed by atoms with E-state index in [1.165, 1.54) is 13.3 Å². The van der Waals surface area contributed by atoms with Crippen molar-refractivity contribution < 1.29 is 33.2 Å². The van der Waals surface area contributed by atoms with Gasteiger partial charge in [-0.15, -0.1) is 0 Å². The molecule has 2 aliphatic rings. The van der Waals surface area contributed by atoms with Gasteiger partial charge in [-0.1, -0.05) is 13.8 Å². The van der Waals surface area contributed by atoms with Crippen molar-refractivity contribution >= 4 is 5.97 Å². The second-order valence-electron chi connectivity index (χ2n) is 9.01. The SMILES string of the molecule is COCCCOc1cc2c(cc1OC)-c1c(F)c(=O)c(C(=O)O)cn1C1[C@@H]2OCCC1(C)C. The zero-order valence-corrected chi connectivity index (χ0v) is 19.1. The molecule has 9 heteroatoms. The number of fused-ring (bicyclic) bond motifs is 6. The molecule has 0 amide bonds. The van der Waals surface area contributed by atoms with E-state index in [0.717, 1.165) is 0 Å². The molecular weight excluding hydrogens is 433 g/mol. The fourth-order valence-electron chi connectivity index (χ4n) is 4.78. The third-order valence-electron chi connectivity index (χ3n) is 6.49. The van der Waals surface area contributed by atoms with Crippen LogP contribution >= 0.6 is 0 Å². The Kier molecular flexibility index (Phi) is 6.20. The summed E-state index contributed by atoms with van der Waals surface area (Å²) in [6.07, 6.45) is 2.13. The highest BCUT2D eigenvalue weighted by Gasteiger charge is 2.47. The lowest BCUT2D eigenvalue weighted by Gasteiger charge is -2.49. The number of pyridine rings is 1. The molecule has 0 saturated carbocycles. The highest BCUT2D eigenvalue weighted by atomic mass is 19.1. The van der Waals surface area contributed by atoms with Crippen LogP contribution in [0.1, 0.15) is 54.8 Å². The molecule has 33 heavy (non-hydrogen) atoms. The maximum atomic E-state index is 15.5. The van der Waals surface area contributed by atoms with Crippen LogP contribution in [0.2, 0.25) is 0 Å². The number of benzene rings is 1. The number of nitrogens with zero attached hydrogens (tertiary/aromatic N) is 1. The molecule has 2 atom stereocenters. The van der Waals surface area contributed by atoms with Crippen molar-refractivity contribution in [1.82, 2.24) is 4.57 Å². The van der Waals surface area contributed by atoms with E-state index < -0.39 is 34.9 Å². The predicted molar refractivity (Wildman–Crippen MR) is 118 cm³/mol. The molecular formula is C24H28FNO7. The molecule has 4 rings (SSSR count). The molecule has 8 nitrogen and oxygen atoms in total. The smallest absolute Gasteiger partial charge is 0.341 e. The summed E-state index contributed by atoms with van der Waals surface area (Å²) in [6.45, 7) is 5.50. The van der Waals surface area contributed by atoms with E-state index in [9.17, 15) is 14.7 Å². The van der Waals surface area contributed by atoms with E-state index in [4.69, 9.17) is 18.9 Å². The monoisotopic (exact) mass is 461 g/mol. The van der Waals surface area contributed by atoms with E-state index in [1.807, 2.05) is 13.8 Å². The van der Waals surface area contributed by atoms with Gasteiger partial charge in [0.2, 0.25) is 5.43 Å². The molecule has 1 unspecified atom stereocenters. The standard InChI is InChI=1S/C24H28FNO7/c1-24(2)6-9-33-21-14-11-17(32-8-5-7-30-3)16(31-4)10-13(14)19-18(25)20(27)15(23(28)29)12-26(19)22(21)24/h10-12,21-22H,5-9H2,1-4H3,(H,28,29)/t21-,22?/m1/s1. The number of ether oxygens (including phenoxy) is 4. The lowest BCUT2D eigenvalue weighted by Crippen LogP contribution is -2.43. The second kappa shape index (κ2) is 8.79. The van der Waals surface area contributed by atoms with Crippen LogP contribution in [-0.2, 0) is 9.47 Å². The predicted octanol–water partition coefficient (Wildman–Crippen LogP) is 3.82. The molecule has 1 N–H and O–H groups in total. The van der Waals surface area contributed by atoms with E-state index in [0.29, 0.717) is 55.3 Å². The Bertz CT molecular complexity index is 1140. The summed E-state index contributed by atoms with van der Waals surface area (Å²) < 4.78 is 39.7. The number of carbonyl (C=O) groups is 1. The summed E-state index contributed by atoms with van der Waals surface area (Å²) in [5, 5.41) is 9.50. The molecule has 2 aromatic rings. The van der Waals surface area contributed by atoms with Gasteiger partial charge in [0, 0.05) is 38.5 Å². The summed E-state index contributed by atoms with van der Waals surface area (Å²) in [5.74, 6) is -1.72. The third kappa shape index (κ3) is 3.89. The maximum absolute atomic E-state index is 15.5. The molecule has 178 valence electrons. The number of aromatic nitrogens is 1. The molecule has 1 saturated heterocycles. The Balaban J connectivity index is 1.95. The average molecular weight is 461 g/mol. The van der Waals surface area contributed by atoms with Crippen LogP contribution in [0.5, 0.6) is 11.5 Å².